The second kappa shape index (κ2) is 12.2. The number of ether oxygens (including phenoxy) is 1. The maximum absolute atomic E-state index is 14.0. The van der Waals surface area contributed by atoms with Gasteiger partial charge in [0.2, 0.25) is 23.6 Å². The Morgan fingerprint density at radius 2 is 1.89 bits per heavy atom. The number of fused-ring (bicyclic) bond motifs is 1. The number of aryl methyl sites for hydroxylation is 1. The lowest BCUT2D eigenvalue weighted by atomic mass is 9.86. The highest BCUT2D eigenvalue weighted by atomic mass is 32.2. The van der Waals surface area contributed by atoms with Gasteiger partial charge in [-0.15, -0.1) is 5.10 Å². The first kappa shape index (κ1) is 34.7. The van der Waals surface area contributed by atoms with Gasteiger partial charge in [-0.25, -0.2) is 8.42 Å². The fourth-order valence-corrected chi connectivity index (χ4v) is 7.22. The van der Waals surface area contributed by atoms with Crippen molar-refractivity contribution in [3.05, 3.63) is 12.3 Å². The molecule has 1 aromatic rings. The van der Waals surface area contributed by atoms with Crippen molar-refractivity contribution in [2.75, 3.05) is 19.7 Å². The number of aromatic nitrogens is 2. The number of alkyl halides is 3. The molecule has 0 unspecified atom stereocenters. The van der Waals surface area contributed by atoms with Gasteiger partial charge in [0.1, 0.15) is 12.1 Å². The van der Waals surface area contributed by atoms with E-state index in [1.165, 1.54) is 25.5 Å². The normalized spacial score (nSPS) is 25.7. The highest BCUT2D eigenvalue weighted by molar-refractivity contribution is 7.90. The van der Waals surface area contributed by atoms with E-state index >= 15 is 0 Å². The third-order valence-corrected chi connectivity index (χ3v) is 10.3. The zero-order chi connectivity index (χ0) is 33.7. The second-order valence-corrected chi connectivity index (χ2v) is 15.3. The summed E-state index contributed by atoms with van der Waals surface area (Å²) in [6.45, 7) is 10.4. The summed E-state index contributed by atoms with van der Waals surface area (Å²) >= 11 is 0. The number of Topliss-reactive ketones (excluding diaryl/α,β-unsaturated/α-hetero) is 1. The zero-order valence-electron chi connectivity index (χ0n) is 26.1. The fraction of sp³-hybridized carbons (Fsp3) is 0.750. The van der Waals surface area contributed by atoms with E-state index in [0.717, 1.165) is 4.90 Å². The second-order valence-electron chi connectivity index (χ2n) is 13.6. The summed E-state index contributed by atoms with van der Waals surface area (Å²) in [6.07, 6.45) is 2.08. The minimum Gasteiger partial charge on any atom is -0.469 e. The Kier molecular flexibility index (Phi) is 9.39. The van der Waals surface area contributed by atoms with E-state index in [1.54, 1.807) is 16.9 Å². The fourth-order valence-electron chi connectivity index (χ4n) is 6.32. The first-order chi connectivity index (χ1) is 20.7. The molecule has 13 nitrogen and oxygen atoms in total. The molecule has 0 spiro atoms. The first-order valence-electron chi connectivity index (χ1n) is 14.8. The van der Waals surface area contributed by atoms with Gasteiger partial charge in [0, 0.05) is 37.8 Å². The number of carbonyl (C=O) groups is 4. The first-order valence-corrected chi connectivity index (χ1v) is 16.3. The average Bonchev–Trinajstić information content (AvgIpc) is 3.46. The predicted octanol–water partition coefficient (Wildman–Crippen LogP) is 1.20. The third-order valence-electron chi connectivity index (χ3n) is 9.14. The van der Waals surface area contributed by atoms with Crippen LogP contribution in [0.3, 0.4) is 0 Å². The van der Waals surface area contributed by atoms with Gasteiger partial charge in [0.15, 0.2) is 12.4 Å². The van der Waals surface area contributed by atoms with Crippen molar-refractivity contribution in [2.45, 2.75) is 84.6 Å². The lowest BCUT2D eigenvalue weighted by Gasteiger charge is -2.37. The minimum absolute atomic E-state index is 0.0156. The Morgan fingerprint density at radius 3 is 2.42 bits per heavy atom. The number of hydrogen-bond acceptors (Lipinski definition) is 8. The number of nitrogens with one attached hydrogen (secondary N) is 3. The van der Waals surface area contributed by atoms with Gasteiger partial charge in [-0.1, -0.05) is 34.6 Å². The molecule has 2 saturated heterocycles. The number of carbonyl (C=O) groups excluding carboxylic acids is 4. The van der Waals surface area contributed by atoms with E-state index in [2.05, 4.69) is 15.7 Å². The summed E-state index contributed by atoms with van der Waals surface area (Å²) in [4.78, 5) is 54.6. The number of sulfonamides is 1. The molecule has 3 fully saturated rings. The van der Waals surface area contributed by atoms with Crippen LogP contribution in [0, 0.1) is 28.6 Å². The van der Waals surface area contributed by atoms with Crippen LogP contribution in [0.15, 0.2) is 12.3 Å². The Morgan fingerprint density at radius 1 is 1.22 bits per heavy atom. The number of nitrogens with zero attached hydrogens (tertiary/aromatic N) is 3. The van der Waals surface area contributed by atoms with Crippen LogP contribution in [0.25, 0.3) is 0 Å². The third kappa shape index (κ3) is 7.13. The molecule has 0 radical (unpaired) electrons. The molecule has 4 rings (SSSR count). The number of amides is 3. The number of ketones is 1. The van der Waals surface area contributed by atoms with Gasteiger partial charge >= 0.3 is 15.5 Å². The van der Waals surface area contributed by atoms with E-state index in [1.807, 2.05) is 20.8 Å². The minimum atomic E-state index is -5.90. The van der Waals surface area contributed by atoms with Crippen LogP contribution in [0.1, 0.15) is 54.4 Å². The predicted molar refractivity (Wildman–Crippen MR) is 154 cm³/mol. The summed E-state index contributed by atoms with van der Waals surface area (Å²) in [7, 11) is -5.90. The molecule has 2 aliphatic heterocycles. The molecular weight excluding hydrogens is 621 g/mol. The highest BCUT2D eigenvalue weighted by Gasteiger charge is 2.70. The molecule has 3 heterocycles. The summed E-state index contributed by atoms with van der Waals surface area (Å²) < 4.78 is 72.6. The Labute approximate surface area is 260 Å². The quantitative estimate of drug-likeness (QED) is 0.300. The molecule has 1 saturated carbocycles. The van der Waals surface area contributed by atoms with E-state index in [-0.39, 0.29) is 36.6 Å². The molecule has 1 aromatic heterocycles. The van der Waals surface area contributed by atoms with E-state index in [0.29, 0.717) is 19.5 Å². The van der Waals surface area contributed by atoms with Crippen molar-refractivity contribution < 1.29 is 45.5 Å². The number of halogens is 3. The Hall–Kier alpha value is -3.21. The van der Waals surface area contributed by atoms with Crippen LogP contribution >= 0.6 is 0 Å². The average molecular weight is 663 g/mol. The van der Waals surface area contributed by atoms with Crippen molar-refractivity contribution in [3.63, 3.8) is 0 Å². The number of hydrogen-bond donors (Lipinski definition) is 3. The monoisotopic (exact) mass is 662 g/mol. The summed E-state index contributed by atoms with van der Waals surface area (Å²) in [5.41, 5.74) is -7.34. The van der Waals surface area contributed by atoms with Crippen LogP contribution in [-0.2, 0) is 35.7 Å². The summed E-state index contributed by atoms with van der Waals surface area (Å²) in [6, 6.07) is -2.63. The van der Waals surface area contributed by atoms with Crippen LogP contribution < -0.4 is 20.1 Å². The van der Waals surface area contributed by atoms with Gasteiger partial charge in [-0.2, -0.15) is 17.9 Å². The van der Waals surface area contributed by atoms with E-state index in [9.17, 15) is 40.8 Å². The Bertz CT molecular complexity index is 1440. The van der Waals surface area contributed by atoms with Crippen LogP contribution in [0.2, 0.25) is 0 Å². The maximum atomic E-state index is 14.0. The van der Waals surface area contributed by atoms with Crippen molar-refractivity contribution in [3.8, 4) is 5.88 Å². The van der Waals surface area contributed by atoms with Gasteiger partial charge in [0.25, 0.3) is 0 Å². The van der Waals surface area contributed by atoms with Crippen LogP contribution in [0.5, 0.6) is 5.88 Å². The molecule has 252 valence electrons. The number of likely N-dealkylation sites (tertiary alicyclic amines) is 1. The molecule has 1 aliphatic carbocycles. The van der Waals surface area contributed by atoms with Crippen LogP contribution in [-0.4, -0.2) is 89.9 Å². The number of rotatable bonds is 12. The van der Waals surface area contributed by atoms with Gasteiger partial charge in [-0.3, -0.25) is 23.9 Å². The lowest BCUT2D eigenvalue weighted by Crippen LogP contribution is -2.61. The topological polar surface area (TPSA) is 169 Å². The molecule has 6 atom stereocenters. The smallest absolute Gasteiger partial charge is 0.469 e. The largest absolute Gasteiger partial charge is 0.511 e. The maximum Gasteiger partial charge on any atom is 0.511 e. The molecule has 3 amide bonds. The molecular formula is C28H41F3N6O7S. The molecule has 3 aliphatic rings. The van der Waals surface area contributed by atoms with E-state index in [4.69, 9.17) is 4.74 Å². The Balaban J connectivity index is 1.58. The molecule has 0 aromatic carbocycles. The molecule has 45 heavy (non-hydrogen) atoms. The molecule has 3 N–H and O–H groups in total. The highest BCUT2D eigenvalue weighted by Crippen LogP contribution is 2.65. The SMILES string of the molecule is CCn1ccc(OCC(=O)[C@H](C[C@@H]2CCNC2=O)NC(=O)[C@@H]2[C@@H]3[C@H](CN2C(=O)[C@@H](NS(=O)(=O)C(F)(F)F)C(C)(C)C)C3(C)C)n1. The zero-order valence-corrected chi connectivity index (χ0v) is 26.9. The van der Waals surface area contributed by atoms with Crippen LogP contribution in [0.4, 0.5) is 13.2 Å². The lowest BCUT2D eigenvalue weighted by molar-refractivity contribution is -0.144. The van der Waals surface area contributed by atoms with E-state index < -0.39 is 74.6 Å². The van der Waals surface area contributed by atoms with Crippen molar-refractivity contribution in [1.29, 1.82) is 0 Å². The van der Waals surface area contributed by atoms with Crippen molar-refractivity contribution in [1.82, 2.24) is 30.0 Å². The number of piperidine rings is 1. The summed E-state index contributed by atoms with van der Waals surface area (Å²) in [5, 5.41) is 9.56. The molecule has 0 bridgehead atoms. The van der Waals surface area contributed by atoms with Gasteiger partial charge in [-0.05, 0) is 42.4 Å². The van der Waals surface area contributed by atoms with Gasteiger partial charge in [0.05, 0.1) is 6.04 Å². The standard InChI is InChI=1S/C28H41F3N6O7S/c1-7-36-11-9-19(34-36)44-14-18(38)17(12-15-8-10-32-23(15)39)33-24(40)21-20-16(27(20,5)6)13-37(21)25(41)22(26(2,3)4)35-45(42,43)28(29,30)31/h9,11,15-17,20-22,35H,7-8,10,12-14H2,1-6H3,(H,32,39)(H,33,40)/t15-,16-,17-,20-,21-,22+/m0/s1. The van der Waals surface area contributed by atoms with Crippen molar-refractivity contribution >= 4 is 33.5 Å². The van der Waals surface area contributed by atoms with Gasteiger partial charge < -0.3 is 20.3 Å². The van der Waals surface area contributed by atoms with Crippen molar-refractivity contribution in [2.24, 2.45) is 28.6 Å². The molecule has 17 heteroatoms. The summed E-state index contributed by atoms with van der Waals surface area (Å²) in [5.74, 6) is -3.45.